The lowest BCUT2D eigenvalue weighted by atomic mass is 9.49. The third kappa shape index (κ3) is 5.56. The van der Waals surface area contributed by atoms with Crippen LogP contribution in [0.15, 0.2) is 60.9 Å². The van der Waals surface area contributed by atoms with Gasteiger partial charge in [0.15, 0.2) is 0 Å². The molecule has 5 fully saturated rings. The highest BCUT2D eigenvalue weighted by Gasteiger charge is 2.50. The van der Waals surface area contributed by atoms with Gasteiger partial charge in [-0.2, -0.15) is 0 Å². The number of benzene rings is 2. The molecule has 3 aromatic rings. The van der Waals surface area contributed by atoms with Gasteiger partial charge in [-0.05, 0) is 104 Å². The maximum Gasteiger partial charge on any atom is 0.251 e. The number of rotatable bonds is 7. The number of hydrogen-bond donors (Lipinski definition) is 2. The molecule has 0 radical (unpaired) electrons. The van der Waals surface area contributed by atoms with E-state index in [1.165, 1.54) is 50.8 Å². The summed E-state index contributed by atoms with van der Waals surface area (Å²) in [6.45, 7) is 5.05. The topological polar surface area (TPSA) is 68.7 Å². The molecule has 7 heteroatoms. The third-order valence-electron chi connectivity index (χ3n) is 10.1. The van der Waals surface area contributed by atoms with Gasteiger partial charge >= 0.3 is 0 Å². The predicted octanol–water partition coefficient (Wildman–Crippen LogP) is 5.86. The summed E-state index contributed by atoms with van der Waals surface area (Å²) in [5.41, 5.74) is 4.15. The van der Waals surface area contributed by atoms with E-state index in [0.717, 1.165) is 67.3 Å². The Morgan fingerprint density at radius 2 is 1.61 bits per heavy atom. The molecule has 1 aromatic heterocycles. The van der Waals surface area contributed by atoms with E-state index in [4.69, 9.17) is 0 Å². The van der Waals surface area contributed by atoms with Crippen molar-refractivity contribution < 1.29 is 14.3 Å². The molecule has 5 aliphatic rings. The van der Waals surface area contributed by atoms with Crippen molar-refractivity contribution in [3.63, 3.8) is 0 Å². The van der Waals surface area contributed by atoms with Crippen LogP contribution in [0.5, 0.6) is 5.75 Å². The normalized spacial score (nSPS) is 27.2. The molecule has 4 bridgehead atoms. The lowest BCUT2D eigenvalue weighted by Crippen LogP contribution is -2.51. The van der Waals surface area contributed by atoms with Crippen molar-refractivity contribution in [3.8, 4) is 16.9 Å². The number of nitrogens with zero attached hydrogens (tertiary/aromatic N) is 3. The van der Waals surface area contributed by atoms with Crippen LogP contribution >= 0.6 is 0 Å². The molecule has 1 aliphatic heterocycles. The number of piperazine rings is 1. The Hall–Kier alpha value is -3.45. The molecule has 4 saturated carbocycles. The second-order valence-electron chi connectivity index (χ2n) is 13.2. The fraction of sp³-hybridized carbons (Fsp3) is 0.471. The number of anilines is 1. The molecule has 0 spiro atoms. The smallest absolute Gasteiger partial charge is 0.251 e. The molecule has 2 aromatic carbocycles. The summed E-state index contributed by atoms with van der Waals surface area (Å²) in [7, 11) is 0. The lowest BCUT2D eigenvalue weighted by molar-refractivity contribution is -0.0503. The Kier molecular flexibility index (Phi) is 6.93. The van der Waals surface area contributed by atoms with Gasteiger partial charge in [-0.25, -0.2) is 4.39 Å². The Morgan fingerprint density at radius 3 is 2.24 bits per heavy atom. The summed E-state index contributed by atoms with van der Waals surface area (Å²) in [5, 5.41) is 13.0. The van der Waals surface area contributed by atoms with Crippen molar-refractivity contribution in [2.24, 2.45) is 23.2 Å². The average molecular weight is 555 g/mol. The van der Waals surface area contributed by atoms with E-state index < -0.39 is 0 Å². The number of aromatic hydroxyl groups is 1. The van der Waals surface area contributed by atoms with E-state index in [0.29, 0.717) is 23.1 Å². The minimum absolute atomic E-state index is 0.0224. The fourth-order valence-electron chi connectivity index (χ4n) is 8.59. The molecule has 1 amide bonds. The summed E-state index contributed by atoms with van der Waals surface area (Å²) in [4.78, 5) is 21.7. The van der Waals surface area contributed by atoms with Crippen molar-refractivity contribution >= 4 is 11.6 Å². The Balaban J connectivity index is 0.904. The van der Waals surface area contributed by atoms with E-state index in [1.54, 1.807) is 18.3 Å². The second kappa shape index (κ2) is 10.8. The van der Waals surface area contributed by atoms with Crippen molar-refractivity contribution in [2.75, 3.05) is 37.6 Å². The molecular formula is C34H39FN4O2. The molecule has 4 aliphatic carbocycles. The van der Waals surface area contributed by atoms with Crippen molar-refractivity contribution in [1.82, 2.24) is 15.2 Å². The van der Waals surface area contributed by atoms with Crippen LogP contribution in [-0.4, -0.2) is 53.6 Å². The molecular weight excluding hydrogens is 515 g/mol. The molecule has 1 saturated heterocycles. The average Bonchev–Trinajstić information content (AvgIpc) is 2.96. The molecule has 6 nitrogen and oxygen atoms in total. The van der Waals surface area contributed by atoms with Crippen LogP contribution in [0.4, 0.5) is 10.1 Å². The number of aromatic nitrogens is 1. The standard InChI is InChI=1S/C34H39FN4O2/c35-32-14-23(1-6-31(32)28-15-30(40)20-36-19-28)21-38-7-9-39(10-8-38)29-4-2-27(3-5-29)33(41)37-22-34-16-24-11-25(17-34)13-26(12-24)18-34/h1-6,14-15,19-20,24-26,40H,7-13,16-18,21-22H2,(H,37,41). The predicted molar refractivity (Wildman–Crippen MR) is 158 cm³/mol. The zero-order chi connectivity index (χ0) is 28.0. The van der Waals surface area contributed by atoms with E-state index in [1.807, 2.05) is 18.2 Å². The van der Waals surface area contributed by atoms with Gasteiger partial charge in [0.25, 0.3) is 5.91 Å². The van der Waals surface area contributed by atoms with E-state index in [9.17, 15) is 14.3 Å². The third-order valence-corrected chi connectivity index (χ3v) is 10.1. The van der Waals surface area contributed by atoms with E-state index in [2.05, 4.69) is 32.2 Å². The first-order valence-electron chi connectivity index (χ1n) is 15.2. The number of nitrogens with one attached hydrogen (secondary N) is 1. The zero-order valence-electron chi connectivity index (χ0n) is 23.6. The first-order valence-corrected chi connectivity index (χ1v) is 15.2. The SMILES string of the molecule is O=C(NCC12CC3CC(CC(C3)C1)C2)c1ccc(N2CCN(Cc3ccc(-c4cncc(O)c4)c(F)c3)CC2)cc1. The Bertz CT molecular complexity index is 1380. The summed E-state index contributed by atoms with van der Waals surface area (Å²) in [5.74, 6) is 2.45. The molecule has 8 rings (SSSR count). The highest BCUT2D eigenvalue weighted by atomic mass is 19.1. The van der Waals surface area contributed by atoms with Crippen molar-refractivity contribution in [1.29, 1.82) is 0 Å². The van der Waals surface area contributed by atoms with Crippen LogP contribution < -0.4 is 10.2 Å². The fourth-order valence-corrected chi connectivity index (χ4v) is 8.59. The van der Waals surface area contributed by atoms with Crippen LogP contribution in [0.25, 0.3) is 11.1 Å². The minimum Gasteiger partial charge on any atom is -0.506 e. The van der Waals surface area contributed by atoms with Crippen LogP contribution in [-0.2, 0) is 6.54 Å². The van der Waals surface area contributed by atoms with Gasteiger partial charge in [-0.15, -0.1) is 0 Å². The number of amides is 1. The maximum atomic E-state index is 14.8. The van der Waals surface area contributed by atoms with Gasteiger partial charge in [0, 0.05) is 67.8 Å². The van der Waals surface area contributed by atoms with Gasteiger partial charge in [0.2, 0.25) is 0 Å². The van der Waals surface area contributed by atoms with Gasteiger partial charge in [-0.1, -0.05) is 12.1 Å². The van der Waals surface area contributed by atoms with Gasteiger partial charge in [0.05, 0.1) is 6.20 Å². The summed E-state index contributed by atoms with van der Waals surface area (Å²) < 4.78 is 14.8. The maximum absolute atomic E-state index is 14.8. The lowest BCUT2D eigenvalue weighted by Gasteiger charge is -2.56. The second-order valence-corrected chi connectivity index (χ2v) is 13.2. The number of carbonyl (C=O) groups excluding carboxylic acids is 1. The number of halogens is 1. The van der Waals surface area contributed by atoms with Crippen LogP contribution in [0.3, 0.4) is 0 Å². The first kappa shape index (κ1) is 26.4. The molecule has 214 valence electrons. The van der Waals surface area contributed by atoms with Gasteiger partial charge < -0.3 is 15.3 Å². The van der Waals surface area contributed by atoms with E-state index in [-0.39, 0.29) is 17.5 Å². The van der Waals surface area contributed by atoms with Crippen molar-refractivity contribution in [2.45, 2.75) is 45.1 Å². The number of carbonyl (C=O) groups is 1. The van der Waals surface area contributed by atoms with Crippen LogP contribution in [0.1, 0.15) is 54.4 Å². The highest BCUT2D eigenvalue weighted by molar-refractivity contribution is 5.94. The van der Waals surface area contributed by atoms with Gasteiger partial charge in [-0.3, -0.25) is 14.7 Å². The van der Waals surface area contributed by atoms with E-state index >= 15 is 0 Å². The molecule has 2 heterocycles. The minimum atomic E-state index is -0.310. The van der Waals surface area contributed by atoms with Crippen molar-refractivity contribution in [3.05, 3.63) is 77.9 Å². The summed E-state index contributed by atoms with van der Waals surface area (Å²) in [6.07, 6.45) is 11.1. The number of hydrogen-bond acceptors (Lipinski definition) is 5. The van der Waals surface area contributed by atoms with Crippen LogP contribution in [0, 0.1) is 29.0 Å². The Labute approximate surface area is 241 Å². The Morgan fingerprint density at radius 1 is 0.927 bits per heavy atom. The molecule has 2 N–H and O–H groups in total. The summed E-state index contributed by atoms with van der Waals surface area (Å²) >= 11 is 0. The number of pyridine rings is 1. The molecule has 41 heavy (non-hydrogen) atoms. The molecule has 0 atom stereocenters. The zero-order valence-corrected chi connectivity index (χ0v) is 23.6. The highest BCUT2D eigenvalue weighted by Crippen LogP contribution is 2.59. The van der Waals surface area contributed by atoms with Crippen LogP contribution in [0.2, 0.25) is 0 Å². The first-order chi connectivity index (χ1) is 19.9. The van der Waals surface area contributed by atoms with Gasteiger partial charge in [0.1, 0.15) is 11.6 Å². The monoisotopic (exact) mass is 554 g/mol. The summed E-state index contributed by atoms with van der Waals surface area (Å²) in [6, 6.07) is 14.9. The largest absolute Gasteiger partial charge is 0.506 e. The quantitative estimate of drug-likeness (QED) is 0.383. The molecule has 0 unspecified atom stereocenters.